The average Bonchev–Trinajstić information content (AvgIpc) is 2.24. The highest BCUT2D eigenvalue weighted by Crippen LogP contribution is 2.20. The van der Waals surface area contributed by atoms with Gasteiger partial charge in [-0.1, -0.05) is 12.5 Å². The van der Waals surface area contributed by atoms with Gasteiger partial charge >= 0.3 is 0 Å². The SMILES string of the molecule is NCc1ccc(S(=O)(=O)NC2CCC2)nc1. The molecule has 0 amide bonds. The van der Waals surface area contributed by atoms with Crippen LogP contribution in [0, 0.1) is 0 Å². The highest BCUT2D eigenvalue weighted by molar-refractivity contribution is 7.89. The van der Waals surface area contributed by atoms with Crippen LogP contribution in [-0.4, -0.2) is 19.4 Å². The Labute approximate surface area is 95.1 Å². The van der Waals surface area contributed by atoms with E-state index in [1.54, 1.807) is 6.07 Å². The highest BCUT2D eigenvalue weighted by Gasteiger charge is 2.25. The van der Waals surface area contributed by atoms with Crippen LogP contribution in [0.2, 0.25) is 0 Å². The Balaban J connectivity index is 2.14. The zero-order valence-electron chi connectivity index (χ0n) is 8.89. The van der Waals surface area contributed by atoms with E-state index in [0.29, 0.717) is 6.54 Å². The first-order chi connectivity index (χ1) is 7.62. The fourth-order valence-electron chi connectivity index (χ4n) is 1.50. The second-order valence-electron chi connectivity index (χ2n) is 3.96. The van der Waals surface area contributed by atoms with Crippen molar-refractivity contribution in [1.82, 2.24) is 9.71 Å². The summed E-state index contributed by atoms with van der Waals surface area (Å²) in [6.07, 6.45) is 4.42. The van der Waals surface area contributed by atoms with Gasteiger partial charge in [0.2, 0.25) is 0 Å². The number of nitrogens with one attached hydrogen (secondary N) is 1. The summed E-state index contributed by atoms with van der Waals surface area (Å²) in [5, 5.41) is 0.0663. The summed E-state index contributed by atoms with van der Waals surface area (Å²) in [6.45, 7) is 0.364. The normalized spacial score (nSPS) is 17.1. The maximum Gasteiger partial charge on any atom is 0.258 e. The highest BCUT2D eigenvalue weighted by atomic mass is 32.2. The van der Waals surface area contributed by atoms with Crippen LogP contribution >= 0.6 is 0 Å². The summed E-state index contributed by atoms with van der Waals surface area (Å²) < 4.78 is 26.3. The van der Waals surface area contributed by atoms with Gasteiger partial charge in [0, 0.05) is 18.8 Å². The van der Waals surface area contributed by atoms with Gasteiger partial charge in [0.25, 0.3) is 10.0 Å². The van der Waals surface area contributed by atoms with Gasteiger partial charge < -0.3 is 5.73 Å². The molecule has 0 aliphatic heterocycles. The molecule has 0 unspecified atom stereocenters. The van der Waals surface area contributed by atoms with Crippen molar-refractivity contribution < 1.29 is 8.42 Å². The molecule has 16 heavy (non-hydrogen) atoms. The van der Waals surface area contributed by atoms with Crippen molar-refractivity contribution in [3.05, 3.63) is 23.9 Å². The van der Waals surface area contributed by atoms with Crippen molar-refractivity contribution in [2.24, 2.45) is 5.73 Å². The van der Waals surface area contributed by atoms with Gasteiger partial charge in [0.15, 0.2) is 5.03 Å². The van der Waals surface area contributed by atoms with Crippen molar-refractivity contribution in [1.29, 1.82) is 0 Å². The van der Waals surface area contributed by atoms with Crippen LogP contribution < -0.4 is 10.5 Å². The molecule has 1 heterocycles. The molecule has 0 saturated heterocycles. The van der Waals surface area contributed by atoms with E-state index in [9.17, 15) is 8.42 Å². The van der Waals surface area contributed by atoms with Crippen molar-refractivity contribution in [2.45, 2.75) is 36.9 Å². The third-order valence-electron chi connectivity index (χ3n) is 2.74. The summed E-state index contributed by atoms with van der Waals surface area (Å²) >= 11 is 0. The number of hydrogen-bond donors (Lipinski definition) is 2. The molecule has 6 heteroatoms. The van der Waals surface area contributed by atoms with Gasteiger partial charge in [-0.25, -0.2) is 18.1 Å². The van der Waals surface area contributed by atoms with Crippen LogP contribution in [0.5, 0.6) is 0 Å². The fraction of sp³-hybridized carbons (Fsp3) is 0.500. The summed E-state index contributed by atoms with van der Waals surface area (Å²) in [6, 6.07) is 3.26. The van der Waals surface area contributed by atoms with E-state index in [1.807, 2.05) is 0 Å². The molecule has 88 valence electrons. The standard InChI is InChI=1S/C10H15N3O2S/c11-6-8-4-5-10(12-7-8)16(14,15)13-9-2-1-3-9/h4-5,7,9,13H,1-3,6,11H2. The summed E-state index contributed by atoms with van der Waals surface area (Å²) in [7, 11) is -3.45. The Bertz CT molecular complexity index is 451. The number of hydrogen-bond acceptors (Lipinski definition) is 4. The first-order valence-electron chi connectivity index (χ1n) is 5.29. The van der Waals surface area contributed by atoms with Crippen LogP contribution in [0.1, 0.15) is 24.8 Å². The second kappa shape index (κ2) is 4.48. The minimum Gasteiger partial charge on any atom is -0.326 e. The van der Waals surface area contributed by atoms with E-state index in [4.69, 9.17) is 5.73 Å². The zero-order valence-corrected chi connectivity index (χ0v) is 9.70. The number of aromatic nitrogens is 1. The molecule has 2 rings (SSSR count). The fourth-order valence-corrected chi connectivity index (χ4v) is 2.73. The number of rotatable bonds is 4. The molecule has 3 N–H and O–H groups in total. The third-order valence-corrected chi connectivity index (χ3v) is 4.17. The Morgan fingerprint density at radius 1 is 1.44 bits per heavy atom. The van der Waals surface area contributed by atoms with Crippen molar-refractivity contribution in [3.8, 4) is 0 Å². The van der Waals surface area contributed by atoms with E-state index in [0.717, 1.165) is 24.8 Å². The van der Waals surface area contributed by atoms with Gasteiger partial charge in [0.05, 0.1) is 0 Å². The lowest BCUT2D eigenvalue weighted by molar-refractivity contribution is 0.383. The largest absolute Gasteiger partial charge is 0.326 e. The maximum atomic E-state index is 11.8. The monoisotopic (exact) mass is 241 g/mol. The van der Waals surface area contributed by atoms with Gasteiger partial charge in [-0.05, 0) is 24.5 Å². The number of nitrogens with two attached hydrogens (primary N) is 1. The minimum atomic E-state index is -3.45. The molecule has 1 saturated carbocycles. The lowest BCUT2D eigenvalue weighted by Gasteiger charge is -2.25. The molecule has 0 spiro atoms. The van der Waals surface area contributed by atoms with Crippen LogP contribution in [-0.2, 0) is 16.6 Å². The van der Waals surface area contributed by atoms with Gasteiger partial charge in [-0.2, -0.15) is 0 Å². The topological polar surface area (TPSA) is 85.1 Å². The molecule has 1 fully saturated rings. The van der Waals surface area contributed by atoms with Crippen LogP contribution in [0.4, 0.5) is 0 Å². The first-order valence-corrected chi connectivity index (χ1v) is 6.77. The first kappa shape index (κ1) is 11.5. The molecule has 1 aromatic rings. The van der Waals surface area contributed by atoms with Crippen LogP contribution in [0.25, 0.3) is 0 Å². The summed E-state index contributed by atoms with van der Waals surface area (Å²) in [5.41, 5.74) is 6.24. The van der Waals surface area contributed by atoms with E-state index in [-0.39, 0.29) is 11.1 Å². The van der Waals surface area contributed by atoms with Gasteiger partial charge in [-0.3, -0.25) is 0 Å². The van der Waals surface area contributed by atoms with Crippen molar-refractivity contribution in [3.63, 3.8) is 0 Å². The summed E-state index contributed by atoms with van der Waals surface area (Å²) in [4.78, 5) is 3.90. The molecular formula is C10H15N3O2S. The molecule has 0 radical (unpaired) electrons. The number of sulfonamides is 1. The van der Waals surface area contributed by atoms with Gasteiger partial charge in [0.1, 0.15) is 0 Å². The predicted octanol–water partition coefficient (Wildman–Crippen LogP) is 0.371. The Morgan fingerprint density at radius 3 is 2.62 bits per heavy atom. The maximum absolute atomic E-state index is 11.8. The second-order valence-corrected chi connectivity index (χ2v) is 5.62. The number of nitrogens with zero attached hydrogens (tertiary/aromatic N) is 1. The van der Waals surface area contributed by atoms with E-state index in [2.05, 4.69) is 9.71 Å². The summed E-state index contributed by atoms with van der Waals surface area (Å²) in [5.74, 6) is 0. The molecule has 0 aromatic carbocycles. The van der Waals surface area contributed by atoms with Gasteiger partial charge in [-0.15, -0.1) is 0 Å². The Morgan fingerprint density at radius 2 is 2.19 bits per heavy atom. The molecule has 0 atom stereocenters. The zero-order chi connectivity index (χ0) is 11.6. The third kappa shape index (κ3) is 2.40. The van der Waals surface area contributed by atoms with E-state index in [1.165, 1.54) is 12.3 Å². The predicted molar refractivity (Wildman–Crippen MR) is 60.1 cm³/mol. The van der Waals surface area contributed by atoms with E-state index < -0.39 is 10.0 Å². The minimum absolute atomic E-state index is 0.0663. The Hall–Kier alpha value is -0.980. The molecule has 1 aliphatic rings. The van der Waals surface area contributed by atoms with Crippen molar-refractivity contribution in [2.75, 3.05) is 0 Å². The quantitative estimate of drug-likeness (QED) is 0.797. The lowest BCUT2D eigenvalue weighted by Crippen LogP contribution is -2.39. The number of pyridine rings is 1. The van der Waals surface area contributed by atoms with E-state index >= 15 is 0 Å². The molecule has 0 bridgehead atoms. The molecule has 1 aromatic heterocycles. The smallest absolute Gasteiger partial charge is 0.258 e. The molecular weight excluding hydrogens is 226 g/mol. The van der Waals surface area contributed by atoms with Crippen molar-refractivity contribution >= 4 is 10.0 Å². The van der Waals surface area contributed by atoms with Crippen LogP contribution in [0.15, 0.2) is 23.4 Å². The Kier molecular flexibility index (Phi) is 3.22. The lowest BCUT2D eigenvalue weighted by atomic mass is 9.94. The molecule has 1 aliphatic carbocycles. The average molecular weight is 241 g/mol. The van der Waals surface area contributed by atoms with Crippen LogP contribution in [0.3, 0.4) is 0 Å². The molecule has 5 nitrogen and oxygen atoms in total.